The molecule has 2 aromatic carbocycles. The van der Waals surface area contributed by atoms with Crippen molar-refractivity contribution >= 4 is 22.1 Å². The van der Waals surface area contributed by atoms with Crippen molar-refractivity contribution in [3.8, 4) is 5.75 Å². The number of thiophene rings is 1. The Morgan fingerprint density at radius 1 is 1.10 bits per heavy atom. The first-order valence-electron chi connectivity index (χ1n) is 7.11. The topological polar surface area (TPSA) is 21.3 Å². The minimum atomic E-state index is 0.341. The third kappa shape index (κ3) is 2.94. The number of benzene rings is 2. The molecule has 108 valence electrons. The molecule has 1 N–H and O–H groups in total. The lowest BCUT2D eigenvalue weighted by Gasteiger charge is -2.16. The molecule has 3 heteroatoms. The van der Waals surface area contributed by atoms with Crippen molar-refractivity contribution in [2.45, 2.75) is 19.5 Å². The molecule has 3 aromatic rings. The summed E-state index contributed by atoms with van der Waals surface area (Å²) in [5.74, 6) is 0.944. The SMILES string of the molecule is COc1ccc2ccccc2c1CN[C@H](C)c1cccs1. The Labute approximate surface area is 129 Å². The number of ether oxygens (including phenoxy) is 1. The molecule has 0 fully saturated rings. The van der Waals surface area contributed by atoms with E-state index >= 15 is 0 Å². The second kappa shape index (κ2) is 6.29. The lowest BCUT2D eigenvalue weighted by atomic mass is 10.0. The van der Waals surface area contributed by atoms with Crippen LogP contribution in [-0.4, -0.2) is 7.11 Å². The third-order valence-electron chi connectivity index (χ3n) is 3.77. The first kappa shape index (κ1) is 14.1. The van der Waals surface area contributed by atoms with Gasteiger partial charge in [0.2, 0.25) is 0 Å². The summed E-state index contributed by atoms with van der Waals surface area (Å²) in [5.41, 5.74) is 1.22. The fourth-order valence-electron chi connectivity index (χ4n) is 2.58. The Bertz CT molecular complexity index is 721. The molecule has 0 aliphatic carbocycles. The first-order chi connectivity index (χ1) is 10.3. The zero-order valence-corrected chi connectivity index (χ0v) is 13.1. The van der Waals surface area contributed by atoms with Crippen molar-refractivity contribution in [3.63, 3.8) is 0 Å². The third-order valence-corrected chi connectivity index (χ3v) is 4.83. The summed E-state index contributed by atoms with van der Waals surface area (Å²) in [6.07, 6.45) is 0. The number of hydrogen-bond donors (Lipinski definition) is 1. The molecule has 0 radical (unpaired) electrons. The quantitative estimate of drug-likeness (QED) is 0.733. The van der Waals surface area contributed by atoms with Gasteiger partial charge >= 0.3 is 0 Å². The molecule has 1 heterocycles. The van der Waals surface area contributed by atoms with E-state index in [1.165, 1.54) is 21.2 Å². The van der Waals surface area contributed by atoms with Gasteiger partial charge in [-0.2, -0.15) is 0 Å². The molecule has 0 unspecified atom stereocenters. The van der Waals surface area contributed by atoms with Gasteiger partial charge in [0.15, 0.2) is 0 Å². The van der Waals surface area contributed by atoms with Crippen LogP contribution in [0.3, 0.4) is 0 Å². The monoisotopic (exact) mass is 297 g/mol. The van der Waals surface area contributed by atoms with Gasteiger partial charge in [0.05, 0.1) is 7.11 Å². The van der Waals surface area contributed by atoms with E-state index in [0.717, 1.165) is 12.3 Å². The Morgan fingerprint density at radius 2 is 1.95 bits per heavy atom. The predicted octanol–water partition coefficient (Wildman–Crippen LogP) is 4.76. The number of rotatable bonds is 5. The molecule has 0 spiro atoms. The second-order valence-corrected chi connectivity index (χ2v) is 6.06. The summed E-state index contributed by atoms with van der Waals surface area (Å²) in [6, 6.07) is 17.2. The Kier molecular flexibility index (Phi) is 4.23. The average molecular weight is 297 g/mol. The van der Waals surface area contributed by atoms with Crippen molar-refractivity contribution in [1.29, 1.82) is 0 Å². The summed E-state index contributed by atoms with van der Waals surface area (Å²) in [7, 11) is 1.73. The van der Waals surface area contributed by atoms with Gasteiger partial charge in [0.1, 0.15) is 5.75 Å². The van der Waals surface area contributed by atoms with E-state index in [4.69, 9.17) is 4.74 Å². The van der Waals surface area contributed by atoms with Gasteiger partial charge < -0.3 is 10.1 Å². The standard InChI is InChI=1S/C18H19NOS/c1-13(18-8-5-11-21-18)19-12-16-15-7-4-3-6-14(15)9-10-17(16)20-2/h3-11,13,19H,12H2,1-2H3/t13-/m1/s1. The molecular weight excluding hydrogens is 278 g/mol. The van der Waals surface area contributed by atoms with Crippen LogP contribution in [0.2, 0.25) is 0 Å². The highest BCUT2D eigenvalue weighted by Gasteiger charge is 2.11. The molecule has 1 atom stereocenters. The molecule has 0 amide bonds. The van der Waals surface area contributed by atoms with E-state index in [1.807, 2.05) is 0 Å². The van der Waals surface area contributed by atoms with Crippen molar-refractivity contribution < 1.29 is 4.74 Å². The molecular formula is C18H19NOS. The highest BCUT2D eigenvalue weighted by Crippen LogP contribution is 2.28. The van der Waals surface area contributed by atoms with Gasteiger partial charge in [-0.3, -0.25) is 0 Å². The Balaban J connectivity index is 1.88. The maximum Gasteiger partial charge on any atom is 0.123 e. The largest absolute Gasteiger partial charge is 0.496 e. The molecule has 0 saturated carbocycles. The maximum atomic E-state index is 5.54. The first-order valence-corrected chi connectivity index (χ1v) is 7.99. The van der Waals surface area contributed by atoms with Crippen LogP contribution in [-0.2, 0) is 6.54 Å². The minimum Gasteiger partial charge on any atom is -0.496 e. The van der Waals surface area contributed by atoms with Crippen molar-refractivity contribution in [2.24, 2.45) is 0 Å². The van der Waals surface area contributed by atoms with E-state index in [9.17, 15) is 0 Å². The number of nitrogens with one attached hydrogen (secondary N) is 1. The van der Waals surface area contributed by atoms with E-state index in [0.29, 0.717) is 6.04 Å². The van der Waals surface area contributed by atoms with Crippen LogP contribution in [0.25, 0.3) is 10.8 Å². The van der Waals surface area contributed by atoms with Crippen molar-refractivity contribution in [3.05, 3.63) is 64.4 Å². The lowest BCUT2D eigenvalue weighted by molar-refractivity contribution is 0.407. The normalized spacial score (nSPS) is 12.5. The predicted molar refractivity (Wildman–Crippen MR) is 90.1 cm³/mol. The fourth-order valence-corrected chi connectivity index (χ4v) is 3.34. The van der Waals surface area contributed by atoms with Crippen LogP contribution >= 0.6 is 11.3 Å². The molecule has 0 aliphatic heterocycles. The Morgan fingerprint density at radius 3 is 2.71 bits per heavy atom. The zero-order valence-electron chi connectivity index (χ0n) is 12.3. The number of methoxy groups -OCH3 is 1. The Hall–Kier alpha value is -1.84. The van der Waals surface area contributed by atoms with Gasteiger partial charge in [-0.05, 0) is 35.2 Å². The lowest BCUT2D eigenvalue weighted by Crippen LogP contribution is -2.17. The van der Waals surface area contributed by atoms with Crippen LogP contribution in [0.1, 0.15) is 23.4 Å². The van der Waals surface area contributed by atoms with E-state index < -0.39 is 0 Å². The summed E-state index contributed by atoms with van der Waals surface area (Å²) < 4.78 is 5.54. The molecule has 0 bridgehead atoms. The van der Waals surface area contributed by atoms with Crippen LogP contribution in [0.15, 0.2) is 53.9 Å². The van der Waals surface area contributed by atoms with Gasteiger partial charge in [-0.1, -0.05) is 36.4 Å². The maximum absolute atomic E-state index is 5.54. The number of fused-ring (bicyclic) bond motifs is 1. The zero-order chi connectivity index (χ0) is 14.7. The molecule has 3 rings (SSSR count). The smallest absolute Gasteiger partial charge is 0.123 e. The van der Waals surface area contributed by atoms with Gasteiger partial charge in [0, 0.05) is 23.0 Å². The number of hydrogen-bond acceptors (Lipinski definition) is 3. The van der Waals surface area contributed by atoms with Crippen molar-refractivity contribution in [1.82, 2.24) is 5.32 Å². The highest BCUT2D eigenvalue weighted by molar-refractivity contribution is 7.10. The van der Waals surface area contributed by atoms with E-state index in [1.54, 1.807) is 18.4 Å². The second-order valence-electron chi connectivity index (χ2n) is 5.09. The fraction of sp³-hybridized carbons (Fsp3) is 0.222. The van der Waals surface area contributed by atoms with Gasteiger partial charge in [-0.15, -0.1) is 11.3 Å². The van der Waals surface area contributed by atoms with Crippen molar-refractivity contribution in [2.75, 3.05) is 7.11 Å². The van der Waals surface area contributed by atoms with Gasteiger partial charge in [-0.25, -0.2) is 0 Å². The molecule has 21 heavy (non-hydrogen) atoms. The van der Waals surface area contributed by atoms with Gasteiger partial charge in [0.25, 0.3) is 0 Å². The highest BCUT2D eigenvalue weighted by atomic mass is 32.1. The summed E-state index contributed by atoms with van der Waals surface area (Å²) in [6.45, 7) is 2.99. The van der Waals surface area contributed by atoms with Crippen LogP contribution in [0.4, 0.5) is 0 Å². The average Bonchev–Trinajstić information content (AvgIpc) is 3.06. The molecule has 0 saturated heterocycles. The van der Waals surface area contributed by atoms with E-state index in [2.05, 4.69) is 66.2 Å². The summed E-state index contributed by atoms with van der Waals surface area (Å²) in [5, 5.41) is 8.22. The van der Waals surface area contributed by atoms with Crippen LogP contribution in [0, 0.1) is 0 Å². The summed E-state index contributed by atoms with van der Waals surface area (Å²) in [4.78, 5) is 1.36. The molecule has 0 aliphatic rings. The van der Waals surface area contributed by atoms with E-state index in [-0.39, 0.29) is 0 Å². The van der Waals surface area contributed by atoms with Crippen LogP contribution < -0.4 is 10.1 Å². The van der Waals surface area contributed by atoms with Crippen LogP contribution in [0.5, 0.6) is 5.75 Å². The minimum absolute atomic E-state index is 0.341. The molecule has 2 nitrogen and oxygen atoms in total. The summed E-state index contributed by atoms with van der Waals surface area (Å²) >= 11 is 1.79. The molecule has 1 aromatic heterocycles.